The van der Waals surface area contributed by atoms with Crippen LogP contribution in [0.4, 0.5) is 8.78 Å². The highest BCUT2D eigenvalue weighted by atomic mass is 19.3. The van der Waals surface area contributed by atoms with Crippen molar-refractivity contribution in [2.24, 2.45) is 5.92 Å². The van der Waals surface area contributed by atoms with Crippen molar-refractivity contribution in [2.75, 3.05) is 7.11 Å². The number of nitrogens with one attached hydrogen (secondary N) is 1. The van der Waals surface area contributed by atoms with Gasteiger partial charge in [-0.2, -0.15) is 0 Å². The number of aryl methyl sites for hydroxylation is 1. The summed E-state index contributed by atoms with van der Waals surface area (Å²) in [6, 6.07) is 12.9. The average molecular weight is 441 g/mol. The Morgan fingerprint density at radius 3 is 2.44 bits per heavy atom. The van der Waals surface area contributed by atoms with Gasteiger partial charge in [-0.3, -0.25) is 4.79 Å². The highest BCUT2D eigenvalue weighted by Crippen LogP contribution is 2.32. The van der Waals surface area contributed by atoms with Crippen molar-refractivity contribution in [3.63, 3.8) is 0 Å². The fourth-order valence-corrected chi connectivity index (χ4v) is 4.66. The van der Waals surface area contributed by atoms with Crippen LogP contribution >= 0.6 is 0 Å². The minimum absolute atomic E-state index is 0.0503. The molecule has 0 unspecified atom stereocenters. The first-order valence-corrected chi connectivity index (χ1v) is 11.2. The maximum atomic E-state index is 13.8. The van der Waals surface area contributed by atoms with E-state index in [1.54, 1.807) is 43.6 Å². The van der Waals surface area contributed by atoms with Gasteiger partial charge in [-0.15, -0.1) is 0 Å². The number of amides is 1. The van der Waals surface area contributed by atoms with Crippen LogP contribution in [0.25, 0.3) is 5.52 Å². The number of aromatic nitrogens is 1. The summed E-state index contributed by atoms with van der Waals surface area (Å²) in [7, 11) is 1.60. The molecule has 0 saturated heterocycles. The van der Waals surface area contributed by atoms with Crippen molar-refractivity contribution in [3.8, 4) is 5.75 Å². The molecule has 1 amide bonds. The fourth-order valence-electron chi connectivity index (χ4n) is 4.66. The lowest BCUT2D eigenvalue weighted by Gasteiger charge is -2.29. The number of hydrogen-bond donors (Lipinski definition) is 1. The molecular formula is C26H30F2N2O2. The number of pyridine rings is 1. The summed E-state index contributed by atoms with van der Waals surface area (Å²) in [6.45, 7) is 2.95. The Labute approximate surface area is 187 Å². The second kappa shape index (κ2) is 8.93. The van der Waals surface area contributed by atoms with Gasteiger partial charge in [0.15, 0.2) is 0 Å². The molecule has 32 heavy (non-hydrogen) atoms. The van der Waals surface area contributed by atoms with Crippen LogP contribution in [-0.2, 0) is 12.3 Å². The molecule has 1 aliphatic rings. The van der Waals surface area contributed by atoms with Crippen LogP contribution < -0.4 is 10.1 Å². The van der Waals surface area contributed by atoms with Gasteiger partial charge in [0.25, 0.3) is 11.8 Å². The van der Waals surface area contributed by atoms with E-state index in [4.69, 9.17) is 4.74 Å². The molecule has 2 aromatic heterocycles. The first kappa shape index (κ1) is 22.3. The summed E-state index contributed by atoms with van der Waals surface area (Å²) in [4.78, 5) is 12.5. The Morgan fingerprint density at radius 2 is 1.81 bits per heavy atom. The third kappa shape index (κ3) is 4.95. The number of halogens is 2. The Hall–Kier alpha value is -2.89. The lowest BCUT2D eigenvalue weighted by molar-refractivity contribution is 0.0176. The fraction of sp³-hybridized carbons (Fsp3) is 0.423. The molecule has 2 heterocycles. The Morgan fingerprint density at radius 1 is 1.12 bits per heavy atom. The molecule has 1 N–H and O–H groups in total. The van der Waals surface area contributed by atoms with Crippen molar-refractivity contribution in [2.45, 2.75) is 57.9 Å². The van der Waals surface area contributed by atoms with Crippen LogP contribution in [0.5, 0.6) is 5.75 Å². The molecule has 0 spiro atoms. The van der Waals surface area contributed by atoms with Gasteiger partial charge in [-0.25, -0.2) is 8.78 Å². The molecule has 4 nitrogen and oxygen atoms in total. The first-order valence-electron chi connectivity index (χ1n) is 11.2. The van der Waals surface area contributed by atoms with E-state index >= 15 is 0 Å². The van der Waals surface area contributed by atoms with E-state index in [9.17, 15) is 13.6 Å². The van der Waals surface area contributed by atoms with Crippen LogP contribution in [0.3, 0.4) is 0 Å². The summed E-state index contributed by atoms with van der Waals surface area (Å²) in [5.74, 6) is -1.71. The molecule has 0 radical (unpaired) electrons. The normalized spacial score (nSPS) is 19.2. The Balaban J connectivity index is 1.38. The molecule has 0 aliphatic heterocycles. The predicted octanol–water partition coefficient (Wildman–Crippen LogP) is 5.90. The SMILES string of the molecule is COc1ccc(C(=O)NC2CCC(Cc3cc(C)cc4cc(C(C)(F)F)cn34)CC2)cc1. The third-order valence-corrected chi connectivity index (χ3v) is 6.47. The summed E-state index contributed by atoms with van der Waals surface area (Å²) in [5, 5.41) is 3.15. The lowest BCUT2D eigenvalue weighted by atomic mass is 9.83. The molecule has 1 fully saturated rings. The van der Waals surface area contributed by atoms with Gasteiger partial charge < -0.3 is 14.5 Å². The van der Waals surface area contributed by atoms with Gasteiger partial charge in [0.1, 0.15) is 5.75 Å². The number of fused-ring (bicyclic) bond motifs is 1. The minimum atomic E-state index is -2.85. The largest absolute Gasteiger partial charge is 0.497 e. The predicted molar refractivity (Wildman–Crippen MR) is 122 cm³/mol. The summed E-state index contributed by atoms with van der Waals surface area (Å²) in [5.41, 5.74) is 3.65. The van der Waals surface area contributed by atoms with Gasteiger partial charge in [0, 0.05) is 41.5 Å². The maximum absolute atomic E-state index is 13.8. The van der Waals surface area contributed by atoms with Crippen molar-refractivity contribution in [1.82, 2.24) is 9.72 Å². The number of alkyl halides is 2. The van der Waals surface area contributed by atoms with E-state index in [-0.39, 0.29) is 17.5 Å². The zero-order chi connectivity index (χ0) is 22.9. The molecule has 0 atom stereocenters. The van der Waals surface area contributed by atoms with E-state index in [1.807, 2.05) is 17.4 Å². The maximum Gasteiger partial charge on any atom is 0.272 e. The zero-order valence-corrected chi connectivity index (χ0v) is 18.8. The summed E-state index contributed by atoms with van der Waals surface area (Å²) < 4.78 is 34.7. The number of ether oxygens (including phenoxy) is 1. The number of benzene rings is 1. The molecule has 1 saturated carbocycles. The quantitative estimate of drug-likeness (QED) is 0.519. The van der Waals surface area contributed by atoms with Gasteiger partial charge in [0.2, 0.25) is 0 Å². The van der Waals surface area contributed by atoms with Crippen molar-refractivity contribution < 1.29 is 18.3 Å². The molecule has 1 aliphatic carbocycles. The highest BCUT2D eigenvalue weighted by Gasteiger charge is 2.27. The van der Waals surface area contributed by atoms with E-state index in [1.165, 1.54) is 0 Å². The van der Waals surface area contributed by atoms with Crippen molar-refractivity contribution >= 4 is 11.4 Å². The van der Waals surface area contributed by atoms with E-state index in [0.717, 1.165) is 61.6 Å². The number of carbonyl (C=O) groups excluding carboxylic acids is 1. The summed E-state index contributed by atoms with van der Waals surface area (Å²) in [6.07, 6.45) is 6.27. The molecule has 3 aromatic rings. The molecule has 1 aromatic carbocycles. The average Bonchev–Trinajstić information content (AvgIpc) is 3.20. The number of rotatable bonds is 6. The number of nitrogens with zero attached hydrogens (tertiary/aromatic N) is 1. The van der Waals surface area contributed by atoms with Gasteiger partial charge in [0.05, 0.1) is 7.11 Å². The zero-order valence-electron chi connectivity index (χ0n) is 18.8. The molecular weight excluding hydrogens is 410 g/mol. The standard InChI is InChI=1S/C26H30F2N2O2/c1-17-12-22(30-16-20(26(2,27)28)15-23(30)13-17)14-18-4-8-21(9-5-18)29-25(31)19-6-10-24(32-3)11-7-19/h6-7,10-13,15-16,18,21H,4-5,8-9,14H2,1-3H3,(H,29,31). The highest BCUT2D eigenvalue weighted by molar-refractivity contribution is 5.94. The van der Waals surface area contributed by atoms with Crippen molar-refractivity contribution in [3.05, 3.63) is 71.0 Å². The minimum Gasteiger partial charge on any atom is -0.497 e. The molecule has 0 bridgehead atoms. The molecule has 4 rings (SSSR count). The first-order chi connectivity index (χ1) is 15.2. The molecule has 6 heteroatoms. The van der Waals surface area contributed by atoms with Crippen molar-refractivity contribution in [1.29, 1.82) is 0 Å². The Kier molecular flexibility index (Phi) is 6.22. The van der Waals surface area contributed by atoms with E-state index in [2.05, 4.69) is 11.4 Å². The molecule has 170 valence electrons. The number of hydrogen-bond acceptors (Lipinski definition) is 2. The Bertz CT molecular complexity index is 1090. The monoisotopic (exact) mass is 440 g/mol. The summed E-state index contributed by atoms with van der Waals surface area (Å²) >= 11 is 0. The smallest absolute Gasteiger partial charge is 0.272 e. The van der Waals surface area contributed by atoms with Crippen LogP contribution in [0.15, 0.2) is 48.7 Å². The lowest BCUT2D eigenvalue weighted by Crippen LogP contribution is -2.37. The number of carbonyl (C=O) groups is 1. The van der Waals surface area contributed by atoms with Crippen LogP contribution in [0.1, 0.15) is 59.8 Å². The van der Waals surface area contributed by atoms with E-state index in [0.29, 0.717) is 11.5 Å². The second-order valence-corrected chi connectivity index (χ2v) is 9.06. The van der Waals surface area contributed by atoms with Crippen LogP contribution in [0.2, 0.25) is 0 Å². The van der Waals surface area contributed by atoms with Crippen LogP contribution in [-0.4, -0.2) is 23.5 Å². The second-order valence-electron chi connectivity index (χ2n) is 9.06. The third-order valence-electron chi connectivity index (χ3n) is 6.47. The van der Waals surface area contributed by atoms with Gasteiger partial charge in [-0.1, -0.05) is 0 Å². The van der Waals surface area contributed by atoms with Gasteiger partial charge in [-0.05, 0) is 93.0 Å². The topological polar surface area (TPSA) is 42.7 Å². The van der Waals surface area contributed by atoms with Crippen LogP contribution in [0, 0.1) is 12.8 Å². The number of methoxy groups -OCH3 is 1. The van der Waals surface area contributed by atoms with Gasteiger partial charge >= 0.3 is 0 Å². The van der Waals surface area contributed by atoms with E-state index < -0.39 is 5.92 Å².